The van der Waals surface area contributed by atoms with Crippen molar-refractivity contribution in [1.82, 2.24) is 9.55 Å². The summed E-state index contributed by atoms with van der Waals surface area (Å²) in [5.41, 5.74) is 3.96. The molecule has 2 aromatic heterocycles. The molecule has 0 saturated heterocycles. The Morgan fingerprint density at radius 2 is 1.63 bits per heavy atom. The van der Waals surface area contributed by atoms with Crippen LogP contribution in [0.25, 0.3) is 16.6 Å². The summed E-state index contributed by atoms with van der Waals surface area (Å²) >= 11 is 0. The molecular weight excluding hydrogens is 336 g/mol. The summed E-state index contributed by atoms with van der Waals surface area (Å²) in [7, 11) is 1.76. The fraction of sp³-hybridized carbons (Fsp3) is 0.0909. The summed E-state index contributed by atoms with van der Waals surface area (Å²) in [5.74, 6) is 0.693. The summed E-state index contributed by atoms with van der Waals surface area (Å²) in [6.45, 7) is 1.93. The number of anilines is 3. The Labute approximate surface area is 157 Å². The standard InChI is InChI=1S/C22H20N4O/c1-15-13-19-18(14-24-15)21(27)20(23-2)22(25-16-9-5-3-6-10-16)26(19)17-11-7-4-8-12-17/h3-14,23,25H,1-2H3. The van der Waals surface area contributed by atoms with E-state index < -0.39 is 0 Å². The van der Waals surface area contributed by atoms with Crippen LogP contribution in [0.1, 0.15) is 5.69 Å². The Morgan fingerprint density at radius 3 is 2.30 bits per heavy atom. The van der Waals surface area contributed by atoms with Gasteiger partial charge in [0.2, 0.25) is 5.43 Å². The highest BCUT2D eigenvalue weighted by Gasteiger charge is 2.18. The normalized spacial score (nSPS) is 10.7. The van der Waals surface area contributed by atoms with Crippen LogP contribution in [-0.2, 0) is 0 Å². The lowest BCUT2D eigenvalue weighted by Gasteiger charge is -2.21. The van der Waals surface area contributed by atoms with Crippen LogP contribution in [0.4, 0.5) is 17.2 Å². The van der Waals surface area contributed by atoms with Gasteiger partial charge in [-0.2, -0.15) is 0 Å². The average Bonchev–Trinajstić information content (AvgIpc) is 2.70. The Bertz CT molecular complexity index is 1150. The monoisotopic (exact) mass is 356 g/mol. The number of para-hydroxylation sites is 2. The summed E-state index contributed by atoms with van der Waals surface area (Å²) in [5, 5.41) is 7.08. The molecule has 2 heterocycles. The first kappa shape index (κ1) is 16.8. The quantitative estimate of drug-likeness (QED) is 0.566. The number of nitrogens with one attached hydrogen (secondary N) is 2. The van der Waals surface area contributed by atoms with Crippen LogP contribution in [-0.4, -0.2) is 16.6 Å². The van der Waals surface area contributed by atoms with E-state index in [4.69, 9.17) is 0 Å². The van der Waals surface area contributed by atoms with Crippen LogP contribution in [0.2, 0.25) is 0 Å². The van der Waals surface area contributed by atoms with Gasteiger partial charge in [-0.05, 0) is 37.3 Å². The molecule has 5 heteroatoms. The van der Waals surface area contributed by atoms with Crippen molar-refractivity contribution in [2.45, 2.75) is 6.92 Å². The minimum absolute atomic E-state index is 0.0781. The molecule has 0 saturated carbocycles. The molecule has 0 aliphatic carbocycles. The number of hydrogen-bond acceptors (Lipinski definition) is 4. The molecule has 4 rings (SSSR count). The van der Waals surface area contributed by atoms with Gasteiger partial charge in [-0.15, -0.1) is 0 Å². The van der Waals surface area contributed by atoms with Crippen LogP contribution in [0.5, 0.6) is 0 Å². The number of rotatable bonds is 4. The number of pyridine rings is 2. The molecule has 27 heavy (non-hydrogen) atoms. The molecule has 2 aromatic carbocycles. The maximum Gasteiger partial charge on any atom is 0.216 e. The summed E-state index contributed by atoms with van der Waals surface area (Å²) < 4.78 is 2.06. The molecule has 0 amide bonds. The van der Waals surface area contributed by atoms with E-state index in [1.54, 1.807) is 13.2 Å². The first-order chi connectivity index (χ1) is 13.2. The maximum atomic E-state index is 13.1. The number of nitrogens with zero attached hydrogens (tertiary/aromatic N) is 2. The average molecular weight is 356 g/mol. The third-order valence-corrected chi connectivity index (χ3v) is 4.49. The Balaban J connectivity index is 2.11. The number of fused-ring (bicyclic) bond motifs is 1. The van der Waals surface area contributed by atoms with Gasteiger partial charge in [-0.3, -0.25) is 14.3 Å². The lowest BCUT2D eigenvalue weighted by molar-refractivity contribution is 1.09. The van der Waals surface area contributed by atoms with Gasteiger partial charge in [0.1, 0.15) is 11.5 Å². The van der Waals surface area contributed by atoms with Crippen molar-refractivity contribution in [1.29, 1.82) is 0 Å². The van der Waals surface area contributed by atoms with E-state index >= 15 is 0 Å². The van der Waals surface area contributed by atoms with Gasteiger partial charge >= 0.3 is 0 Å². The van der Waals surface area contributed by atoms with Crippen molar-refractivity contribution in [3.05, 3.63) is 88.8 Å². The molecule has 2 N–H and O–H groups in total. The summed E-state index contributed by atoms with van der Waals surface area (Å²) in [6, 6.07) is 21.8. The smallest absolute Gasteiger partial charge is 0.216 e. The zero-order valence-electron chi connectivity index (χ0n) is 15.2. The molecule has 0 spiro atoms. The zero-order chi connectivity index (χ0) is 18.8. The van der Waals surface area contributed by atoms with E-state index in [0.717, 1.165) is 22.6 Å². The van der Waals surface area contributed by atoms with Crippen molar-refractivity contribution in [2.24, 2.45) is 0 Å². The highest BCUT2D eigenvalue weighted by Crippen LogP contribution is 2.30. The molecule has 0 fully saturated rings. The van der Waals surface area contributed by atoms with Gasteiger partial charge in [0, 0.05) is 30.3 Å². The zero-order valence-corrected chi connectivity index (χ0v) is 15.2. The van der Waals surface area contributed by atoms with E-state index in [-0.39, 0.29) is 5.43 Å². The van der Waals surface area contributed by atoms with E-state index in [9.17, 15) is 4.79 Å². The Hall–Kier alpha value is -3.60. The molecule has 5 nitrogen and oxygen atoms in total. The molecular formula is C22H20N4O. The maximum absolute atomic E-state index is 13.1. The second-order valence-electron chi connectivity index (χ2n) is 6.31. The SMILES string of the molecule is CNc1c(Nc2ccccc2)n(-c2ccccc2)c2cc(C)ncc2c1=O. The number of hydrogen-bond donors (Lipinski definition) is 2. The predicted molar refractivity (Wildman–Crippen MR) is 111 cm³/mol. The molecule has 4 aromatic rings. The Morgan fingerprint density at radius 1 is 0.963 bits per heavy atom. The van der Waals surface area contributed by atoms with Crippen LogP contribution in [0, 0.1) is 6.92 Å². The molecule has 0 atom stereocenters. The number of benzene rings is 2. The lowest BCUT2D eigenvalue weighted by Crippen LogP contribution is -2.18. The van der Waals surface area contributed by atoms with Crippen molar-refractivity contribution in [3.63, 3.8) is 0 Å². The van der Waals surface area contributed by atoms with E-state index in [1.807, 2.05) is 73.7 Å². The fourth-order valence-electron chi connectivity index (χ4n) is 3.23. The Kier molecular flexibility index (Phi) is 4.34. The number of aryl methyl sites for hydroxylation is 1. The minimum Gasteiger partial charge on any atom is -0.382 e. The molecule has 0 bridgehead atoms. The van der Waals surface area contributed by atoms with Gasteiger partial charge in [0.15, 0.2) is 0 Å². The molecule has 134 valence electrons. The molecule has 0 aliphatic rings. The summed E-state index contributed by atoms with van der Waals surface area (Å²) in [6.07, 6.45) is 1.65. The highest BCUT2D eigenvalue weighted by atomic mass is 16.1. The van der Waals surface area contributed by atoms with Crippen molar-refractivity contribution >= 4 is 28.1 Å². The first-order valence-corrected chi connectivity index (χ1v) is 8.79. The topological polar surface area (TPSA) is 58.9 Å². The molecule has 0 unspecified atom stereocenters. The minimum atomic E-state index is -0.0781. The van der Waals surface area contributed by atoms with Gasteiger partial charge < -0.3 is 10.6 Å². The first-order valence-electron chi connectivity index (χ1n) is 8.79. The second-order valence-corrected chi connectivity index (χ2v) is 6.31. The van der Waals surface area contributed by atoms with Gasteiger partial charge in [-0.1, -0.05) is 36.4 Å². The van der Waals surface area contributed by atoms with E-state index in [1.165, 1.54) is 0 Å². The largest absolute Gasteiger partial charge is 0.382 e. The van der Waals surface area contributed by atoms with Crippen molar-refractivity contribution < 1.29 is 0 Å². The van der Waals surface area contributed by atoms with Crippen LogP contribution in [0.15, 0.2) is 77.7 Å². The van der Waals surface area contributed by atoms with Crippen LogP contribution in [0.3, 0.4) is 0 Å². The fourth-order valence-corrected chi connectivity index (χ4v) is 3.23. The van der Waals surface area contributed by atoms with Crippen LogP contribution < -0.4 is 16.1 Å². The highest BCUT2D eigenvalue weighted by molar-refractivity contribution is 5.90. The second kappa shape index (κ2) is 6.96. The van der Waals surface area contributed by atoms with Gasteiger partial charge in [0.25, 0.3) is 0 Å². The molecule has 0 aliphatic heterocycles. The van der Waals surface area contributed by atoms with E-state index in [2.05, 4.69) is 20.2 Å². The van der Waals surface area contributed by atoms with Crippen molar-refractivity contribution in [3.8, 4) is 5.69 Å². The van der Waals surface area contributed by atoms with Crippen LogP contribution >= 0.6 is 0 Å². The van der Waals surface area contributed by atoms with Crippen molar-refractivity contribution in [2.75, 3.05) is 17.7 Å². The van der Waals surface area contributed by atoms with Gasteiger partial charge in [0.05, 0.1) is 10.9 Å². The summed E-state index contributed by atoms with van der Waals surface area (Å²) in [4.78, 5) is 17.4. The predicted octanol–water partition coefficient (Wildman–Crippen LogP) is 4.48. The third-order valence-electron chi connectivity index (χ3n) is 4.49. The third kappa shape index (κ3) is 3.04. The van der Waals surface area contributed by atoms with Gasteiger partial charge in [-0.25, -0.2) is 0 Å². The van der Waals surface area contributed by atoms with E-state index in [0.29, 0.717) is 16.9 Å². The lowest BCUT2D eigenvalue weighted by atomic mass is 10.1. The number of aromatic nitrogens is 2. The molecule has 0 radical (unpaired) electrons.